The lowest BCUT2D eigenvalue weighted by molar-refractivity contribution is -0.0257. The quantitative estimate of drug-likeness (QED) is 0.250. The highest BCUT2D eigenvalue weighted by Crippen LogP contribution is 2.29. The average Bonchev–Trinajstić information content (AvgIpc) is 2.82. The Morgan fingerprint density at radius 3 is 2.00 bits per heavy atom. The van der Waals surface area contributed by atoms with Gasteiger partial charge in [-0.3, -0.25) is 4.98 Å². The van der Waals surface area contributed by atoms with Gasteiger partial charge in [-0.25, -0.2) is 0 Å². The summed E-state index contributed by atoms with van der Waals surface area (Å²) < 4.78 is 31.0. The smallest absolute Gasteiger partial charge is 0.242 e. The molecule has 0 atom stereocenters. The summed E-state index contributed by atoms with van der Waals surface area (Å²) in [4.78, 5) is 4.65. The highest BCUT2D eigenvalue weighted by Gasteiger charge is 2.17. The van der Waals surface area contributed by atoms with E-state index in [1.165, 1.54) is 13.8 Å². The summed E-state index contributed by atoms with van der Waals surface area (Å²) in [6.07, 6.45) is 0.703. The first kappa shape index (κ1) is 24.3. The zero-order chi connectivity index (χ0) is 24.8. The Balaban J connectivity index is 1.44. The third kappa shape index (κ3) is 7.06. The highest BCUT2D eigenvalue weighted by atomic mass is 19.2. The molecule has 0 spiro atoms. The van der Waals surface area contributed by atoms with Gasteiger partial charge in [-0.05, 0) is 61.4 Å². The monoisotopic (exact) mass is 471 g/mol. The summed E-state index contributed by atoms with van der Waals surface area (Å²) in [6, 6.07) is 27.0. The Labute approximate surface area is 206 Å². The largest absolute Gasteiger partial charge is 0.488 e. The van der Waals surface area contributed by atoms with E-state index in [9.17, 15) is 4.39 Å². The fourth-order valence-corrected chi connectivity index (χ4v) is 3.77. The summed E-state index contributed by atoms with van der Waals surface area (Å²) in [5, 5.41) is 0. The van der Waals surface area contributed by atoms with Gasteiger partial charge in [-0.15, -0.1) is 0 Å². The molecule has 0 amide bonds. The van der Waals surface area contributed by atoms with Crippen LogP contribution in [0, 0.1) is 13.8 Å². The number of alkyl halides is 1. The number of halogens is 1. The lowest BCUT2D eigenvalue weighted by atomic mass is 10.0. The molecule has 1 heterocycles. The summed E-state index contributed by atoms with van der Waals surface area (Å²) in [7, 11) is 0. The predicted octanol–water partition coefficient (Wildman–Crippen LogP) is 7.74. The molecular weight excluding hydrogens is 441 g/mol. The van der Waals surface area contributed by atoms with E-state index in [2.05, 4.69) is 17.1 Å². The van der Waals surface area contributed by atoms with E-state index in [4.69, 9.17) is 14.2 Å². The Morgan fingerprint density at radius 2 is 1.37 bits per heavy atom. The zero-order valence-corrected chi connectivity index (χ0v) is 20.5. The summed E-state index contributed by atoms with van der Waals surface area (Å²) >= 11 is 0. The zero-order valence-electron chi connectivity index (χ0n) is 20.5. The number of ether oxygens (including phenoxy) is 3. The average molecular weight is 472 g/mol. The molecule has 0 saturated heterocycles. The highest BCUT2D eigenvalue weighted by molar-refractivity contribution is 5.43. The second kappa shape index (κ2) is 10.6. The van der Waals surface area contributed by atoms with E-state index in [1.807, 2.05) is 62.4 Å². The standard InChI is InChI=1S/C30H30FNO3/c1-21-18-29(33-20-24-8-6-5-7-9-24)28(22(2)32-21)19-23-10-12-25(13-11-23)34-26-14-16-27(17-15-26)35-30(3,4)31/h5-18H,19-20H2,1-4H3. The molecule has 180 valence electrons. The predicted molar refractivity (Wildman–Crippen MR) is 136 cm³/mol. The maximum absolute atomic E-state index is 13.6. The van der Waals surface area contributed by atoms with E-state index in [0.29, 0.717) is 30.3 Å². The van der Waals surface area contributed by atoms with E-state index in [-0.39, 0.29) is 0 Å². The lowest BCUT2D eigenvalue weighted by Gasteiger charge is -2.17. The molecule has 1 aromatic heterocycles. The molecule has 0 saturated carbocycles. The number of pyridine rings is 1. The van der Waals surface area contributed by atoms with Gasteiger partial charge in [0.15, 0.2) is 0 Å². The topological polar surface area (TPSA) is 40.6 Å². The van der Waals surface area contributed by atoms with Gasteiger partial charge in [0.2, 0.25) is 5.85 Å². The summed E-state index contributed by atoms with van der Waals surface area (Å²) in [5.41, 5.74) is 5.23. The molecular formula is C30H30FNO3. The van der Waals surface area contributed by atoms with Crippen LogP contribution in [0.1, 0.15) is 41.9 Å². The van der Waals surface area contributed by atoms with Gasteiger partial charge in [0.1, 0.15) is 29.6 Å². The first-order valence-corrected chi connectivity index (χ1v) is 11.6. The molecule has 0 aliphatic heterocycles. The molecule has 3 aromatic carbocycles. The lowest BCUT2D eigenvalue weighted by Crippen LogP contribution is -2.20. The molecule has 0 fully saturated rings. The fourth-order valence-electron chi connectivity index (χ4n) is 3.77. The molecule has 0 unspecified atom stereocenters. The van der Waals surface area contributed by atoms with E-state index >= 15 is 0 Å². The van der Waals surface area contributed by atoms with Crippen molar-refractivity contribution in [2.45, 2.75) is 46.6 Å². The van der Waals surface area contributed by atoms with Crippen molar-refractivity contribution >= 4 is 0 Å². The molecule has 4 aromatic rings. The van der Waals surface area contributed by atoms with Crippen LogP contribution in [-0.2, 0) is 13.0 Å². The van der Waals surface area contributed by atoms with Crippen LogP contribution in [0.15, 0.2) is 84.9 Å². The molecule has 4 rings (SSSR count). The van der Waals surface area contributed by atoms with Crippen LogP contribution in [0.4, 0.5) is 4.39 Å². The normalized spacial score (nSPS) is 11.2. The molecule has 0 radical (unpaired) electrons. The number of hydrogen-bond acceptors (Lipinski definition) is 4. The molecule has 0 N–H and O–H groups in total. The van der Waals surface area contributed by atoms with Gasteiger partial charge in [0.05, 0.1) is 0 Å². The van der Waals surface area contributed by atoms with Crippen molar-refractivity contribution in [3.8, 4) is 23.0 Å². The number of aromatic nitrogens is 1. The maximum Gasteiger partial charge on any atom is 0.242 e. The molecule has 4 nitrogen and oxygen atoms in total. The van der Waals surface area contributed by atoms with Crippen molar-refractivity contribution in [3.05, 3.63) is 113 Å². The number of rotatable bonds is 9. The molecule has 0 aliphatic rings. The third-order valence-corrected chi connectivity index (χ3v) is 5.38. The molecule has 35 heavy (non-hydrogen) atoms. The van der Waals surface area contributed by atoms with Gasteiger partial charge in [0.25, 0.3) is 0 Å². The van der Waals surface area contributed by atoms with Crippen molar-refractivity contribution in [1.29, 1.82) is 0 Å². The van der Waals surface area contributed by atoms with Crippen LogP contribution < -0.4 is 14.2 Å². The third-order valence-electron chi connectivity index (χ3n) is 5.38. The van der Waals surface area contributed by atoms with Crippen LogP contribution in [0.5, 0.6) is 23.0 Å². The number of nitrogens with zero attached hydrogens (tertiary/aromatic N) is 1. The Hall–Kier alpha value is -3.86. The minimum atomic E-state index is -1.73. The SMILES string of the molecule is Cc1cc(OCc2ccccc2)c(Cc2ccc(Oc3ccc(OC(C)(C)F)cc3)cc2)c(C)n1. The number of aryl methyl sites for hydroxylation is 2. The summed E-state index contributed by atoms with van der Waals surface area (Å²) in [5.74, 6) is 0.950. The van der Waals surface area contributed by atoms with Crippen LogP contribution in [0.25, 0.3) is 0 Å². The number of hydrogen-bond donors (Lipinski definition) is 0. The van der Waals surface area contributed by atoms with Crippen molar-refractivity contribution in [1.82, 2.24) is 4.98 Å². The maximum atomic E-state index is 13.6. The van der Waals surface area contributed by atoms with Crippen molar-refractivity contribution in [3.63, 3.8) is 0 Å². The fraction of sp³-hybridized carbons (Fsp3) is 0.233. The van der Waals surface area contributed by atoms with Crippen LogP contribution >= 0.6 is 0 Å². The molecule has 0 aliphatic carbocycles. The summed E-state index contributed by atoms with van der Waals surface area (Å²) in [6.45, 7) is 7.25. The number of benzene rings is 3. The van der Waals surface area contributed by atoms with Crippen LogP contribution in [0.3, 0.4) is 0 Å². The Kier molecular flexibility index (Phi) is 7.35. The van der Waals surface area contributed by atoms with E-state index in [1.54, 1.807) is 24.3 Å². The Bertz CT molecular complexity index is 1250. The van der Waals surface area contributed by atoms with Gasteiger partial charge >= 0.3 is 0 Å². The second-order valence-corrected chi connectivity index (χ2v) is 8.96. The van der Waals surface area contributed by atoms with E-state index < -0.39 is 5.85 Å². The minimum Gasteiger partial charge on any atom is -0.488 e. The molecule has 5 heteroatoms. The van der Waals surface area contributed by atoms with Crippen LogP contribution in [0.2, 0.25) is 0 Å². The first-order valence-electron chi connectivity index (χ1n) is 11.6. The van der Waals surface area contributed by atoms with Crippen molar-refractivity contribution in [2.24, 2.45) is 0 Å². The van der Waals surface area contributed by atoms with Crippen LogP contribution in [-0.4, -0.2) is 10.8 Å². The van der Waals surface area contributed by atoms with Gasteiger partial charge in [-0.1, -0.05) is 42.5 Å². The van der Waals surface area contributed by atoms with Gasteiger partial charge < -0.3 is 14.2 Å². The van der Waals surface area contributed by atoms with Gasteiger partial charge in [-0.2, -0.15) is 4.39 Å². The first-order chi connectivity index (χ1) is 16.7. The Morgan fingerprint density at radius 1 is 0.771 bits per heavy atom. The minimum absolute atomic E-state index is 0.451. The second-order valence-electron chi connectivity index (χ2n) is 8.96. The van der Waals surface area contributed by atoms with E-state index in [0.717, 1.165) is 33.8 Å². The molecule has 0 bridgehead atoms. The van der Waals surface area contributed by atoms with Crippen molar-refractivity contribution < 1.29 is 18.6 Å². The van der Waals surface area contributed by atoms with Gasteiger partial charge in [0, 0.05) is 43.3 Å². The van der Waals surface area contributed by atoms with Crippen molar-refractivity contribution in [2.75, 3.05) is 0 Å².